The first-order valence-electron chi connectivity index (χ1n) is 6.72. The van der Waals surface area contributed by atoms with Crippen molar-refractivity contribution in [2.75, 3.05) is 13.1 Å². The standard InChI is InChI=1S/C17H18N2S/c20-15-18-11-12-19(13-16-7-3-1-4-8-16)14-17-9-5-2-6-10-17/h1-10H,11-14H2. The van der Waals surface area contributed by atoms with E-state index in [4.69, 9.17) is 0 Å². The Kier molecular flexibility index (Phi) is 6.12. The molecular formula is C17H18N2S. The van der Waals surface area contributed by atoms with Crippen LogP contribution < -0.4 is 0 Å². The number of thiocarbonyl (C=S) groups is 1. The lowest BCUT2D eigenvalue weighted by atomic mass is 10.1. The number of rotatable bonds is 7. The lowest BCUT2D eigenvalue weighted by Crippen LogP contribution is -2.25. The lowest BCUT2D eigenvalue weighted by Gasteiger charge is -2.21. The molecule has 0 saturated heterocycles. The van der Waals surface area contributed by atoms with E-state index in [1.54, 1.807) is 0 Å². The molecule has 0 saturated carbocycles. The van der Waals surface area contributed by atoms with E-state index in [1.165, 1.54) is 11.1 Å². The van der Waals surface area contributed by atoms with Crippen molar-refractivity contribution >= 4 is 17.4 Å². The van der Waals surface area contributed by atoms with Gasteiger partial charge in [-0.2, -0.15) is 0 Å². The van der Waals surface area contributed by atoms with E-state index in [9.17, 15) is 0 Å². The van der Waals surface area contributed by atoms with Gasteiger partial charge in [0.2, 0.25) is 0 Å². The van der Waals surface area contributed by atoms with Crippen LogP contribution in [-0.4, -0.2) is 23.2 Å². The molecule has 0 bridgehead atoms. The molecule has 0 heterocycles. The SMILES string of the molecule is S=C=NCCN(Cc1ccccc1)Cc1ccccc1. The van der Waals surface area contributed by atoms with Crippen LogP contribution in [0.15, 0.2) is 65.7 Å². The fourth-order valence-corrected chi connectivity index (χ4v) is 2.23. The molecule has 0 aliphatic heterocycles. The molecule has 20 heavy (non-hydrogen) atoms. The molecule has 0 radical (unpaired) electrons. The number of hydrogen-bond acceptors (Lipinski definition) is 3. The Morgan fingerprint density at radius 3 is 1.80 bits per heavy atom. The summed E-state index contributed by atoms with van der Waals surface area (Å²) in [6, 6.07) is 21.0. The van der Waals surface area contributed by atoms with E-state index in [1.807, 2.05) is 12.1 Å². The van der Waals surface area contributed by atoms with Crippen LogP contribution in [-0.2, 0) is 13.1 Å². The largest absolute Gasteiger partial charge is 0.293 e. The fourth-order valence-electron chi connectivity index (χ4n) is 2.13. The van der Waals surface area contributed by atoms with Crippen LogP contribution >= 0.6 is 12.2 Å². The Labute approximate surface area is 125 Å². The van der Waals surface area contributed by atoms with Gasteiger partial charge in [0.1, 0.15) is 0 Å². The molecule has 2 aromatic rings. The lowest BCUT2D eigenvalue weighted by molar-refractivity contribution is 0.265. The van der Waals surface area contributed by atoms with Crippen molar-refractivity contribution in [3.05, 3.63) is 71.8 Å². The number of hydrogen-bond donors (Lipinski definition) is 0. The summed E-state index contributed by atoms with van der Waals surface area (Å²) in [6.07, 6.45) is 0. The summed E-state index contributed by atoms with van der Waals surface area (Å²) in [6.45, 7) is 3.42. The minimum Gasteiger partial charge on any atom is -0.293 e. The van der Waals surface area contributed by atoms with Gasteiger partial charge in [0.05, 0.1) is 11.7 Å². The van der Waals surface area contributed by atoms with Crippen molar-refractivity contribution < 1.29 is 0 Å². The third kappa shape index (κ3) is 5.06. The van der Waals surface area contributed by atoms with Crippen LogP contribution in [0.4, 0.5) is 0 Å². The Bertz CT molecular complexity index is 506. The van der Waals surface area contributed by atoms with Gasteiger partial charge >= 0.3 is 0 Å². The summed E-state index contributed by atoms with van der Waals surface area (Å²) in [7, 11) is 0. The van der Waals surface area contributed by atoms with Crippen LogP contribution in [0.25, 0.3) is 0 Å². The number of nitrogens with zero attached hydrogens (tertiary/aromatic N) is 2. The predicted octanol–water partition coefficient (Wildman–Crippen LogP) is 3.79. The van der Waals surface area contributed by atoms with Gasteiger partial charge in [0.15, 0.2) is 0 Å². The monoisotopic (exact) mass is 282 g/mol. The van der Waals surface area contributed by atoms with Crippen LogP contribution in [0.1, 0.15) is 11.1 Å². The Morgan fingerprint density at radius 2 is 1.35 bits per heavy atom. The zero-order valence-electron chi connectivity index (χ0n) is 11.4. The number of isothiocyanates is 1. The minimum absolute atomic E-state index is 0.698. The van der Waals surface area contributed by atoms with Gasteiger partial charge in [-0.3, -0.25) is 4.90 Å². The molecule has 102 valence electrons. The van der Waals surface area contributed by atoms with E-state index in [0.717, 1.165) is 19.6 Å². The second-order valence-corrected chi connectivity index (χ2v) is 4.84. The van der Waals surface area contributed by atoms with Crippen molar-refractivity contribution in [3.63, 3.8) is 0 Å². The van der Waals surface area contributed by atoms with E-state index in [2.05, 4.69) is 75.8 Å². The van der Waals surface area contributed by atoms with Crippen LogP contribution in [0, 0.1) is 0 Å². The highest BCUT2D eigenvalue weighted by molar-refractivity contribution is 7.78. The summed E-state index contributed by atoms with van der Waals surface area (Å²) in [5.74, 6) is 0. The first-order chi connectivity index (χ1) is 9.88. The molecule has 0 aliphatic rings. The summed E-state index contributed by atoms with van der Waals surface area (Å²) in [5.41, 5.74) is 2.63. The average Bonchev–Trinajstić information content (AvgIpc) is 2.49. The van der Waals surface area contributed by atoms with Crippen molar-refractivity contribution in [2.24, 2.45) is 4.99 Å². The molecule has 0 amide bonds. The summed E-state index contributed by atoms with van der Waals surface area (Å²) in [5, 5.41) is 2.43. The molecular weight excluding hydrogens is 264 g/mol. The zero-order chi connectivity index (χ0) is 14.0. The molecule has 0 spiro atoms. The molecule has 0 unspecified atom stereocenters. The second kappa shape index (κ2) is 8.39. The Hall–Kier alpha value is -1.80. The van der Waals surface area contributed by atoms with E-state index >= 15 is 0 Å². The first-order valence-corrected chi connectivity index (χ1v) is 7.13. The van der Waals surface area contributed by atoms with Crippen molar-refractivity contribution in [1.29, 1.82) is 0 Å². The van der Waals surface area contributed by atoms with E-state index in [0.29, 0.717) is 6.54 Å². The summed E-state index contributed by atoms with van der Waals surface area (Å²) >= 11 is 4.63. The third-order valence-electron chi connectivity index (χ3n) is 3.09. The smallest absolute Gasteiger partial charge is 0.0620 e. The summed E-state index contributed by atoms with van der Waals surface area (Å²) in [4.78, 5) is 6.39. The second-order valence-electron chi connectivity index (χ2n) is 4.65. The van der Waals surface area contributed by atoms with E-state index in [-0.39, 0.29) is 0 Å². The topological polar surface area (TPSA) is 15.6 Å². The van der Waals surface area contributed by atoms with Gasteiger partial charge in [-0.1, -0.05) is 60.7 Å². The van der Waals surface area contributed by atoms with Gasteiger partial charge in [0.25, 0.3) is 0 Å². The highest BCUT2D eigenvalue weighted by Gasteiger charge is 2.06. The zero-order valence-corrected chi connectivity index (χ0v) is 12.2. The fraction of sp³-hybridized carbons (Fsp3) is 0.235. The van der Waals surface area contributed by atoms with E-state index < -0.39 is 0 Å². The summed E-state index contributed by atoms with van der Waals surface area (Å²) < 4.78 is 0. The molecule has 2 aromatic carbocycles. The number of aliphatic imine (C=N–C) groups is 1. The van der Waals surface area contributed by atoms with Crippen molar-refractivity contribution in [3.8, 4) is 0 Å². The van der Waals surface area contributed by atoms with Gasteiger partial charge in [-0.25, -0.2) is 4.99 Å². The maximum absolute atomic E-state index is 4.63. The highest BCUT2D eigenvalue weighted by Crippen LogP contribution is 2.09. The predicted molar refractivity (Wildman–Crippen MR) is 86.9 cm³/mol. The highest BCUT2D eigenvalue weighted by atomic mass is 32.1. The first kappa shape index (κ1) is 14.6. The van der Waals surface area contributed by atoms with Gasteiger partial charge in [-0.05, 0) is 23.3 Å². The Morgan fingerprint density at radius 1 is 0.850 bits per heavy atom. The molecule has 0 N–H and O–H groups in total. The maximum Gasteiger partial charge on any atom is 0.0620 e. The van der Waals surface area contributed by atoms with Gasteiger partial charge in [-0.15, -0.1) is 0 Å². The molecule has 2 rings (SSSR count). The third-order valence-corrected chi connectivity index (χ3v) is 3.22. The molecule has 0 aliphatic carbocycles. The molecule has 2 nitrogen and oxygen atoms in total. The molecule has 3 heteroatoms. The normalized spacial score (nSPS) is 10.2. The molecule has 0 fully saturated rings. The van der Waals surface area contributed by atoms with Crippen LogP contribution in [0.2, 0.25) is 0 Å². The Balaban J connectivity index is 2.02. The van der Waals surface area contributed by atoms with Crippen LogP contribution in [0.5, 0.6) is 0 Å². The van der Waals surface area contributed by atoms with Gasteiger partial charge in [0, 0.05) is 19.6 Å². The molecule has 0 aromatic heterocycles. The number of benzene rings is 2. The minimum atomic E-state index is 0.698. The maximum atomic E-state index is 4.63. The average molecular weight is 282 g/mol. The van der Waals surface area contributed by atoms with Crippen molar-refractivity contribution in [1.82, 2.24) is 4.90 Å². The van der Waals surface area contributed by atoms with Gasteiger partial charge < -0.3 is 0 Å². The van der Waals surface area contributed by atoms with Crippen LogP contribution in [0.3, 0.4) is 0 Å². The molecule has 0 atom stereocenters. The quantitative estimate of drug-likeness (QED) is 0.567. The van der Waals surface area contributed by atoms with Crippen molar-refractivity contribution in [2.45, 2.75) is 13.1 Å².